The number of nitrogens with one attached hydrogen (secondary N) is 1. The van der Waals surface area contributed by atoms with Crippen LogP contribution in [-0.2, 0) is 15.7 Å². The highest BCUT2D eigenvalue weighted by Crippen LogP contribution is 2.35. The first-order chi connectivity index (χ1) is 12.6. The molecule has 0 fully saturated rings. The third-order valence-electron chi connectivity index (χ3n) is 3.95. The van der Waals surface area contributed by atoms with E-state index < -0.39 is 15.2 Å². The highest BCUT2D eigenvalue weighted by molar-refractivity contribution is 7.52. The van der Waals surface area contributed by atoms with Crippen molar-refractivity contribution < 1.29 is 28.7 Å². The van der Waals surface area contributed by atoms with Crippen LogP contribution in [0.15, 0.2) is 17.4 Å². The van der Waals surface area contributed by atoms with Gasteiger partial charge in [0.15, 0.2) is 11.2 Å². The van der Waals surface area contributed by atoms with Crippen LogP contribution in [-0.4, -0.2) is 76.0 Å². The van der Waals surface area contributed by atoms with Crippen molar-refractivity contribution in [3.05, 3.63) is 23.0 Å². The van der Waals surface area contributed by atoms with Crippen LogP contribution < -0.4 is 5.56 Å². The Morgan fingerprint density at radius 2 is 1.70 bits per heavy atom. The molecule has 0 radical (unpaired) electrons. The zero-order valence-electron chi connectivity index (χ0n) is 14.5. The summed E-state index contributed by atoms with van der Waals surface area (Å²) in [4.78, 5) is 60.0. The first-order valence-electron chi connectivity index (χ1n) is 8.25. The number of rotatable bonds is 11. The summed E-state index contributed by atoms with van der Waals surface area (Å²) in [6.07, 6.45) is 3.00. The fourth-order valence-electron chi connectivity index (χ4n) is 2.56. The van der Waals surface area contributed by atoms with E-state index in [0.29, 0.717) is 38.1 Å². The molecule has 2 rings (SSSR count). The molecule has 0 spiro atoms. The fourth-order valence-corrected chi connectivity index (χ4v) is 3.74. The van der Waals surface area contributed by atoms with Gasteiger partial charge in [0.05, 0.1) is 18.8 Å². The lowest BCUT2D eigenvalue weighted by Gasteiger charge is -2.22. The minimum atomic E-state index is -4.16. The molecule has 2 heterocycles. The number of H-pyrrole nitrogens is 1. The van der Waals surface area contributed by atoms with Gasteiger partial charge in [-0.3, -0.25) is 13.9 Å². The van der Waals surface area contributed by atoms with Crippen LogP contribution in [0.5, 0.6) is 0 Å². The molecule has 0 aromatic carbocycles. The summed E-state index contributed by atoms with van der Waals surface area (Å²) in [7, 11) is -8.21. The quantitative estimate of drug-likeness (QED) is 0.235. The zero-order valence-corrected chi connectivity index (χ0v) is 16.3. The van der Waals surface area contributed by atoms with Crippen molar-refractivity contribution in [3.8, 4) is 0 Å². The van der Waals surface area contributed by atoms with E-state index in [1.165, 1.54) is 12.7 Å². The van der Waals surface area contributed by atoms with E-state index in [-0.39, 0.29) is 29.9 Å². The number of nitrogens with zero attached hydrogens (tertiary/aromatic N) is 4. The minimum Gasteiger partial charge on any atom is -0.324 e. The summed E-state index contributed by atoms with van der Waals surface area (Å²) in [5, 5.41) is 0. The number of fused-ring (bicyclic) bond motifs is 1. The third-order valence-corrected chi connectivity index (χ3v) is 5.63. The largest absolute Gasteiger partial charge is 0.326 e. The molecule has 14 heteroatoms. The van der Waals surface area contributed by atoms with Gasteiger partial charge in [-0.1, -0.05) is 0 Å². The highest BCUT2D eigenvalue weighted by atomic mass is 31.2. The first kappa shape index (κ1) is 21.9. The molecule has 0 saturated heterocycles. The summed E-state index contributed by atoms with van der Waals surface area (Å²) < 4.78 is 23.7. The standard InChI is InChI=1S/C13H23N5O7P2/c19-13-11-12(14-9-15-13)18(10-16-11)5-4-17(6-8-27(23,24)25)3-1-2-7-26(20,21)22/h9-10H,1-8H2,(H,14,15,19)(H2,20,21,22)(H2,23,24,25). The second-order valence-electron chi connectivity index (χ2n) is 6.17. The molecule has 2 aromatic rings. The van der Waals surface area contributed by atoms with Gasteiger partial charge in [0.25, 0.3) is 5.56 Å². The first-order valence-corrected chi connectivity index (χ1v) is 11.8. The number of aromatic nitrogens is 4. The summed E-state index contributed by atoms with van der Waals surface area (Å²) in [6, 6.07) is 0. The molecule has 27 heavy (non-hydrogen) atoms. The predicted molar refractivity (Wildman–Crippen MR) is 97.6 cm³/mol. The Bertz CT molecular complexity index is 902. The number of hydrogen-bond acceptors (Lipinski definition) is 6. The molecule has 152 valence electrons. The van der Waals surface area contributed by atoms with Crippen molar-refractivity contribution in [3.63, 3.8) is 0 Å². The van der Waals surface area contributed by atoms with Crippen molar-refractivity contribution in [1.29, 1.82) is 0 Å². The van der Waals surface area contributed by atoms with Crippen LogP contribution in [0.4, 0.5) is 0 Å². The van der Waals surface area contributed by atoms with Crippen molar-refractivity contribution in [1.82, 2.24) is 24.4 Å². The van der Waals surface area contributed by atoms with Crippen LogP contribution in [0, 0.1) is 0 Å². The van der Waals surface area contributed by atoms with Crippen LogP contribution >= 0.6 is 15.2 Å². The zero-order chi connectivity index (χ0) is 20.1. The highest BCUT2D eigenvalue weighted by Gasteiger charge is 2.17. The molecule has 0 atom stereocenters. The molecule has 0 unspecified atom stereocenters. The van der Waals surface area contributed by atoms with Gasteiger partial charge in [-0.25, -0.2) is 9.97 Å². The molecule has 0 saturated carbocycles. The third kappa shape index (κ3) is 7.63. The Morgan fingerprint density at radius 3 is 2.37 bits per heavy atom. The van der Waals surface area contributed by atoms with Gasteiger partial charge in [-0.15, -0.1) is 0 Å². The van der Waals surface area contributed by atoms with Gasteiger partial charge in [-0.05, 0) is 19.4 Å². The van der Waals surface area contributed by atoms with Gasteiger partial charge in [0, 0.05) is 25.8 Å². The second kappa shape index (κ2) is 9.20. The number of aromatic amines is 1. The fraction of sp³-hybridized carbons (Fsp3) is 0.615. The van der Waals surface area contributed by atoms with E-state index >= 15 is 0 Å². The molecular formula is C13H23N5O7P2. The smallest absolute Gasteiger partial charge is 0.324 e. The van der Waals surface area contributed by atoms with Gasteiger partial charge in [-0.2, -0.15) is 0 Å². The molecule has 0 aliphatic heterocycles. The Labute approximate surface area is 154 Å². The molecule has 2 aromatic heterocycles. The normalized spacial score (nSPS) is 12.9. The molecule has 0 bridgehead atoms. The SMILES string of the molecule is O=c1[nH]cnc2c1ncn2CCN(CCCCP(=O)(O)O)CCP(=O)(O)O. The van der Waals surface area contributed by atoms with Crippen LogP contribution in [0.2, 0.25) is 0 Å². The Kier molecular flexibility index (Phi) is 7.47. The summed E-state index contributed by atoms with van der Waals surface area (Å²) in [5.74, 6) is 0. The van der Waals surface area contributed by atoms with Crippen LogP contribution in [0.3, 0.4) is 0 Å². The molecule has 0 aliphatic rings. The summed E-state index contributed by atoms with van der Waals surface area (Å²) in [6.45, 7) is 1.38. The van der Waals surface area contributed by atoms with Crippen molar-refractivity contribution >= 4 is 26.4 Å². The van der Waals surface area contributed by atoms with Crippen molar-refractivity contribution in [2.45, 2.75) is 19.4 Å². The number of unbranched alkanes of at least 4 members (excludes halogenated alkanes) is 1. The molecule has 12 nitrogen and oxygen atoms in total. The number of imidazole rings is 1. The Morgan fingerprint density at radius 1 is 1.00 bits per heavy atom. The minimum absolute atomic E-state index is 0.140. The maximum atomic E-state index is 11.7. The number of hydrogen-bond donors (Lipinski definition) is 5. The van der Waals surface area contributed by atoms with Gasteiger partial charge in [0.1, 0.15) is 0 Å². The van der Waals surface area contributed by atoms with Gasteiger partial charge < -0.3 is 34.0 Å². The van der Waals surface area contributed by atoms with E-state index in [0.717, 1.165) is 0 Å². The van der Waals surface area contributed by atoms with Gasteiger partial charge in [0.2, 0.25) is 0 Å². The maximum Gasteiger partial charge on any atom is 0.326 e. The van der Waals surface area contributed by atoms with Crippen molar-refractivity contribution in [2.24, 2.45) is 0 Å². The maximum absolute atomic E-state index is 11.7. The average Bonchev–Trinajstić information content (AvgIpc) is 2.96. The van der Waals surface area contributed by atoms with E-state index in [1.807, 2.05) is 0 Å². The van der Waals surface area contributed by atoms with Gasteiger partial charge >= 0.3 is 15.2 Å². The lowest BCUT2D eigenvalue weighted by Crippen LogP contribution is -2.31. The van der Waals surface area contributed by atoms with E-state index in [4.69, 9.17) is 19.6 Å². The predicted octanol–water partition coefficient (Wildman–Crippen LogP) is -0.443. The molecule has 5 N–H and O–H groups in total. The lowest BCUT2D eigenvalue weighted by molar-refractivity contribution is 0.265. The van der Waals surface area contributed by atoms with E-state index in [9.17, 15) is 13.9 Å². The monoisotopic (exact) mass is 423 g/mol. The molecule has 0 amide bonds. The van der Waals surface area contributed by atoms with Crippen LogP contribution in [0.1, 0.15) is 12.8 Å². The Hall–Kier alpha value is -1.39. The second-order valence-corrected chi connectivity index (χ2v) is 9.72. The molecule has 0 aliphatic carbocycles. The topological polar surface area (TPSA) is 182 Å². The summed E-state index contributed by atoms with van der Waals surface area (Å²) >= 11 is 0. The lowest BCUT2D eigenvalue weighted by atomic mass is 10.3. The van der Waals surface area contributed by atoms with E-state index in [2.05, 4.69) is 15.0 Å². The molecular weight excluding hydrogens is 400 g/mol. The van der Waals surface area contributed by atoms with Crippen LogP contribution in [0.25, 0.3) is 11.2 Å². The average molecular weight is 423 g/mol. The Balaban J connectivity index is 1.97. The summed E-state index contributed by atoms with van der Waals surface area (Å²) in [5.41, 5.74) is 0.269. The van der Waals surface area contributed by atoms with Crippen molar-refractivity contribution in [2.75, 3.05) is 32.0 Å². The van der Waals surface area contributed by atoms with E-state index in [1.54, 1.807) is 9.47 Å².